The van der Waals surface area contributed by atoms with Gasteiger partial charge in [-0.2, -0.15) is 6.08 Å². The van der Waals surface area contributed by atoms with Gasteiger partial charge in [0.1, 0.15) is 5.75 Å². The van der Waals surface area contributed by atoms with Crippen molar-refractivity contribution >= 4 is 18.1 Å². The summed E-state index contributed by atoms with van der Waals surface area (Å²) in [7, 11) is -1.26. The van der Waals surface area contributed by atoms with Crippen LogP contribution in [0.1, 0.15) is 32.8 Å². The van der Waals surface area contributed by atoms with Crippen molar-refractivity contribution < 1.29 is 49.9 Å². The van der Waals surface area contributed by atoms with Crippen molar-refractivity contribution in [2.45, 2.75) is 53.8 Å². The van der Waals surface area contributed by atoms with Crippen LogP contribution in [0.2, 0.25) is 19.6 Å². The SMILES string of the molecule is CC(C)(C)C1=[C-]CC=C1.Cc1cc(O)cc([Si](C)(C)C)c1.[CH2]=[Ti+].[Cl-].[Cl-]. The molecule has 1 aliphatic carbocycles. The van der Waals surface area contributed by atoms with Crippen LogP contribution in [0.3, 0.4) is 0 Å². The van der Waals surface area contributed by atoms with Crippen molar-refractivity contribution in [3.8, 4) is 5.75 Å². The number of phenolic OH excluding ortho intramolecular Hbond substituents is 1. The maximum Gasteiger partial charge on any atom is -1.00 e. The number of hydrogen-bond donors (Lipinski definition) is 1. The Hall–Kier alpha value is -0.119. The van der Waals surface area contributed by atoms with Crippen LogP contribution in [-0.2, 0) is 20.0 Å². The molecule has 2 rings (SSSR count). The van der Waals surface area contributed by atoms with Gasteiger partial charge in [-0.3, -0.25) is 6.08 Å². The van der Waals surface area contributed by atoms with E-state index in [9.17, 15) is 5.11 Å². The van der Waals surface area contributed by atoms with E-state index in [0.29, 0.717) is 11.2 Å². The molecule has 0 aromatic heterocycles. The average Bonchev–Trinajstić information content (AvgIpc) is 2.93. The Morgan fingerprint density at radius 3 is 1.88 bits per heavy atom. The van der Waals surface area contributed by atoms with Crippen LogP contribution in [0.15, 0.2) is 35.9 Å². The van der Waals surface area contributed by atoms with Crippen molar-refractivity contribution in [1.29, 1.82) is 0 Å². The summed E-state index contributed by atoms with van der Waals surface area (Å²) in [6, 6.07) is 5.86. The molecule has 0 fully saturated rings. The molecule has 0 saturated heterocycles. The second-order valence-electron chi connectivity index (χ2n) is 7.75. The van der Waals surface area contributed by atoms with Crippen molar-refractivity contribution in [2.24, 2.45) is 5.41 Å². The van der Waals surface area contributed by atoms with E-state index in [4.69, 9.17) is 0 Å². The molecule has 5 heteroatoms. The van der Waals surface area contributed by atoms with E-state index in [1.165, 1.54) is 10.8 Å². The third kappa shape index (κ3) is 12.0. The van der Waals surface area contributed by atoms with Gasteiger partial charge in [0.05, 0.1) is 8.07 Å². The zero-order chi connectivity index (χ0) is 18.3. The van der Waals surface area contributed by atoms with Gasteiger partial charge in [-0.1, -0.05) is 51.7 Å². The van der Waals surface area contributed by atoms with Gasteiger partial charge < -0.3 is 29.9 Å². The van der Waals surface area contributed by atoms with E-state index in [2.05, 4.69) is 69.5 Å². The molecule has 0 spiro atoms. The normalized spacial score (nSPS) is 12.4. The van der Waals surface area contributed by atoms with E-state index in [-0.39, 0.29) is 24.8 Å². The molecule has 25 heavy (non-hydrogen) atoms. The summed E-state index contributed by atoms with van der Waals surface area (Å²) in [5.41, 5.74) is 2.79. The van der Waals surface area contributed by atoms with Crippen LogP contribution in [-0.4, -0.2) is 18.0 Å². The molecule has 1 N–H and O–H groups in total. The molecular formula is C20H31Cl2OSiTi-2. The smallest absolute Gasteiger partial charge is 1.00 e. The van der Waals surface area contributed by atoms with Gasteiger partial charge in [-0.15, -0.1) is 6.42 Å². The molecule has 1 nitrogen and oxygen atoms in total. The fourth-order valence-corrected chi connectivity index (χ4v) is 3.36. The van der Waals surface area contributed by atoms with Gasteiger partial charge in [0.25, 0.3) is 0 Å². The summed E-state index contributed by atoms with van der Waals surface area (Å²) in [4.78, 5) is 3.25. The summed E-state index contributed by atoms with van der Waals surface area (Å²) < 4.78 is 0. The van der Waals surface area contributed by atoms with Gasteiger partial charge in [-0.25, -0.2) is 11.6 Å². The van der Waals surface area contributed by atoms with Crippen molar-refractivity contribution in [3.63, 3.8) is 0 Å². The Kier molecular flexibility index (Phi) is 15.5. The minimum atomic E-state index is -1.26. The predicted molar refractivity (Wildman–Crippen MR) is 103 cm³/mol. The van der Waals surface area contributed by atoms with Gasteiger partial charge in [0.15, 0.2) is 0 Å². The number of rotatable bonds is 1. The first kappa shape index (κ1) is 29.6. The van der Waals surface area contributed by atoms with Gasteiger partial charge in [0, 0.05) is 0 Å². The van der Waals surface area contributed by atoms with Crippen LogP contribution in [0.4, 0.5) is 0 Å². The molecule has 0 atom stereocenters. The van der Waals surface area contributed by atoms with E-state index in [0.717, 1.165) is 12.0 Å². The van der Waals surface area contributed by atoms with E-state index >= 15 is 0 Å². The van der Waals surface area contributed by atoms with Crippen LogP contribution in [0.5, 0.6) is 5.75 Å². The third-order valence-electron chi connectivity index (χ3n) is 3.43. The number of benzene rings is 1. The number of aryl methyl sites for hydroxylation is 1. The first-order valence-corrected chi connectivity index (χ1v) is 12.5. The molecular weight excluding hydrogens is 403 g/mol. The number of allylic oxidation sites excluding steroid dienone is 4. The molecule has 0 radical (unpaired) electrons. The van der Waals surface area contributed by atoms with Crippen molar-refractivity contribution in [3.05, 3.63) is 47.6 Å². The van der Waals surface area contributed by atoms with Crippen LogP contribution < -0.4 is 30.0 Å². The van der Waals surface area contributed by atoms with Crippen molar-refractivity contribution in [1.82, 2.24) is 0 Å². The van der Waals surface area contributed by atoms with Crippen LogP contribution >= 0.6 is 0 Å². The summed E-state index contributed by atoms with van der Waals surface area (Å²) in [5.74, 6) is 0.396. The zero-order valence-electron chi connectivity index (χ0n) is 16.5. The first-order chi connectivity index (χ1) is 10.5. The van der Waals surface area contributed by atoms with E-state index in [1.807, 2.05) is 13.0 Å². The molecule has 0 amide bonds. The fourth-order valence-electron chi connectivity index (χ4n) is 2.12. The zero-order valence-corrected chi connectivity index (χ0v) is 20.6. The maximum atomic E-state index is 9.38. The summed E-state index contributed by atoms with van der Waals surface area (Å²) in [6.07, 6.45) is 8.63. The summed E-state index contributed by atoms with van der Waals surface area (Å²) in [6.45, 7) is 15.5. The number of halogens is 2. The fraction of sp³-hybridized carbons (Fsp3) is 0.450. The molecule has 1 aromatic carbocycles. The molecule has 1 aliphatic rings. The second kappa shape index (κ2) is 13.1. The molecule has 0 heterocycles. The van der Waals surface area contributed by atoms with Gasteiger partial charge >= 0.3 is 24.8 Å². The standard InChI is InChI=1S/C10H16OSi.C9H13.CH2.2ClH.Ti/c1-8-5-9(11)7-10(6-8)12(2,3)4;1-9(2,3)8-6-4-5-7-8;;;;/h5-7,11H,1-4H3;4,6H,5H2,1-3H3;1H2;2*1H;/q;-1;;;;+1/p-2. The summed E-state index contributed by atoms with van der Waals surface area (Å²) >= 11 is 1.75. The van der Waals surface area contributed by atoms with E-state index in [1.54, 1.807) is 26.0 Å². The topological polar surface area (TPSA) is 20.2 Å². The summed E-state index contributed by atoms with van der Waals surface area (Å²) in [5, 5.41) is 10.7. The molecule has 0 unspecified atom stereocenters. The molecule has 1 aromatic rings. The Morgan fingerprint density at radius 1 is 1.08 bits per heavy atom. The third-order valence-corrected chi connectivity index (χ3v) is 5.45. The number of hydrogen-bond acceptors (Lipinski definition) is 1. The maximum absolute atomic E-state index is 9.38. The Bertz CT molecular complexity index is 550. The van der Waals surface area contributed by atoms with E-state index < -0.39 is 8.07 Å². The number of aromatic hydroxyl groups is 1. The second-order valence-corrected chi connectivity index (χ2v) is 12.8. The minimum Gasteiger partial charge on any atom is -1.00 e. The van der Waals surface area contributed by atoms with Gasteiger partial charge in [-0.05, 0) is 30.0 Å². The quantitative estimate of drug-likeness (QED) is 0.442. The monoisotopic (exact) mass is 433 g/mol. The molecule has 0 bridgehead atoms. The molecule has 141 valence electrons. The Labute approximate surface area is 179 Å². The average molecular weight is 434 g/mol. The van der Waals surface area contributed by atoms with Gasteiger partial charge in [0.2, 0.25) is 0 Å². The van der Waals surface area contributed by atoms with Crippen molar-refractivity contribution in [2.75, 3.05) is 0 Å². The molecule has 0 saturated carbocycles. The Morgan fingerprint density at radius 2 is 1.60 bits per heavy atom. The van der Waals surface area contributed by atoms with Crippen LogP contribution in [0, 0.1) is 18.4 Å². The number of phenols is 1. The largest absolute Gasteiger partial charge is 1.00 e. The molecule has 0 aliphatic heterocycles. The minimum absolute atomic E-state index is 0. The van der Waals surface area contributed by atoms with Crippen LogP contribution in [0.25, 0.3) is 0 Å². The Balaban J connectivity index is -0.000000336. The predicted octanol–water partition coefficient (Wildman–Crippen LogP) is -1.06. The first-order valence-electron chi connectivity index (χ1n) is 7.94.